The van der Waals surface area contributed by atoms with E-state index in [0.29, 0.717) is 12.1 Å². The van der Waals surface area contributed by atoms with Gasteiger partial charge in [-0.25, -0.2) is 8.96 Å². The number of nitrogens with zero attached hydrogens (tertiary/aromatic N) is 1. The Kier molecular flexibility index (Phi) is 3.27. The predicted octanol–water partition coefficient (Wildman–Crippen LogP) is 1.85. The molecule has 0 amide bonds. The quantitative estimate of drug-likeness (QED) is 0.781. The lowest BCUT2D eigenvalue weighted by molar-refractivity contribution is -0.704. The van der Waals surface area contributed by atoms with Crippen molar-refractivity contribution in [3.8, 4) is 0 Å². The monoisotopic (exact) mass is 218 g/mol. The van der Waals surface area contributed by atoms with Gasteiger partial charge in [0, 0.05) is 17.7 Å². The molecule has 0 aliphatic carbocycles. The lowest BCUT2D eigenvalue weighted by atomic mass is 10.1. The number of hydrogen-bond acceptors (Lipinski definition) is 1. The molecule has 1 N–H and O–H groups in total. The molecule has 0 radical (unpaired) electrons. The first-order chi connectivity index (χ1) is 7.77. The van der Waals surface area contributed by atoms with Gasteiger partial charge in [-0.3, -0.25) is 0 Å². The van der Waals surface area contributed by atoms with Crippen LogP contribution in [0, 0.1) is 5.82 Å². The van der Waals surface area contributed by atoms with Crippen molar-refractivity contribution in [2.75, 3.05) is 0 Å². The first-order valence-electron chi connectivity index (χ1n) is 5.14. The van der Waals surface area contributed by atoms with E-state index in [1.165, 1.54) is 6.07 Å². The summed E-state index contributed by atoms with van der Waals surface area (Å²) in [6, 6.07) is 11.9. The molecule has 1 aromatic carbocycles. The van der Waals surface area contributed by atoms with Gasteiger partial charge in [0.05, 0.1) is 0 Å². The summed E-state index contributed by atoms with van der Waals surface area (Å²) in [6.45, 7) is 0.349. The Balaban J connectivity index is 2.15. The topological polar surface area (TPSA) is 24.1 Å². The number of halogens is 1. The van der Waals surface area contributed by atoms with Crippen LogP contribution in [0.1, 0.15) is 11.7 Å². The average molecular weight is 218 g/mol. The van der Waals surface area contributed by atoms with E-state index in [2.05, 4.69) is 0 Å². The Morgan fingerprint density at radius 1 is 1.06 bits per heavy atom. The van der Waals surface area contributed by atoms with E-state index in [-0.39, 0.29) is 5.82 Å². The fourth-order valence-electron chi connectivity index (χ4n) is 1.60. The number of hydrogen-bond donors (Lipinski definition) is 1. The van der Waals surface area contributed by atoms with Crippen LogP contribution in [0.15, 0.2) is 54.9 Å². The van der Waals surface area contributed by atoms with Crippen LogP contribution in [0.5, 0.6) is 0 Å². The van der Waals surface area contributed by atoms with Gasteiger partial charge < -0.3 is 5.11 Å². The molecule has 16 heavy (non-hydrogen) atoms. The molecule has 1 heterocycles. The molecule has 0 aliphatic heterocycles. The van der Waals surface area contributed by atoms with E-state index < -0.39 is 6.10 Å². The van der Waals surface area contributed by atoms with Gasteiger partial charge in [0.1, 0.15) is 11.9 Å². The highest BCUT2D eigenvalue weighted by Crippen LogP contribution is 2.16. The van der Waals surface area contributed by atoms with Crippen molar-refractivity contribution in [2.24, 2.45) is 0 Å². The Bertz CT molecular complexity index is 458. The Hall–Kier alpha value is -1.74. The average Bonchev–Trinajstić information content (AvgIpc) is 2.31. The first-order valence-corrected chi connectivity index (χ1v) is 5.14. The summed E-state index contributed by atoms with van der Waals surface area (Å²) in [5, 5.41) is 9.89. The SMILES string of the molecule is OC(C[n+]1ccccc1)c1ccccc1F. The molecule has 0 saturated carbocycles. The van der Waals surface area contributed by atoms with Crippen molar-refractivity contribution in [2.45, 2.75) is 12.6 Å². The van der Waals surface area contributed by atoms with Crippen LogP contribution in [-0.2, 0) is 6.54 Å². The van der Waals surface area contributed by atoms with Crippen molar-refractivity contribution < 1.29 is 14.1 Å². The Morgan fingerprint density at radius 2 is 1.75 bits per heavy atom. The van der Waals surface area contributed by atoms with Crippen molar-refractivity contribution in [3.63, 3.8) is 0 Å². The molecule has 82 valence electrons. The van der Waals surface area contributed by atoms with Gasteiger partial charge in [-0.1, -0.05) is 24.3 Å². The molecular formula is C13H13FNO+. The maximum absolute atomic E-state index is 13.4. The van der Waals surface area contributed by atoms with Crippen LogP contribution in [0.3, 0.4) is 0 Å². The van der Waals surface area contributed by atoms with Crippen molar-refractivity contribution in [1.82, 2.24) is 0 Å². The molecule has 3 heteroatoms. The van der Waals surface area contributed by atoms with Crippen LogP contribution in [0.25, 0.3) is 0 Å². The third-order valence-corrected chi connectivity index (χ3v) is 2.43. The minimum atomic E-state index is -0.825. The van der Waals surface area contributed by atoms with Gasteiger partial charge >= 0.3 is 0 Å². The Labute approximate surface area is 93.6 Å². The molecule has 2 nitrogen and oxygen atoms in total. The highest BCUT2D eigenvalue weighted by Gasteiger charge is 2.16. The summed E-state index contributed by atoms with van der Waals surface area (Å²) in [5.41, 5.74) is 0.332. The predicted molar refractivity (Wildman–Crippen MR) is 58.0 cm³/mol. The smallest absolute Gasteiger partial charge is 0.178 e. The summed E-state index contributed by atoms with van der Waals surface area (Å²) in [4.78, 5) is 0. The summed E-state index contributed by atoms with van der Waals surface area (Å²) in [7, 11) is 0. The summed E-state index contributed by atoms with van der Waals surface area (Å²) in [5.74, 6) is -0.369. The van der Waals surface area contributed by atoms with E-state index in [1.54, 1.807) is 18.2 Å². The molecule has 2 aromatic rings. The number of aliphatic hydroxyl groups is 1. The first kappa shape index (κ1) is 10.8. The fourth-order valence-corrected chi connectivity index (χ4v) is 1.60. The normalized spacial score (nSPS) is 12.4. The molecule has 1 unspecified atom stereocenters. The van der Waals surface area contributed by atoms with Crippen LogP contribution in [0.4, 0.5) is 4.39 Å². The maximum Gasteiger partial charge on any atom is 0.178 e. The zero-order chi connectivity index (χ0) is 11.4. The molecule has 0 aliphatic rings. The molecule has 1 atom stereocenters. The second-order valence-electron chi connectivity index (χ2n) is 3.61. The second-order valence-corrected chi connectivity index (χ2v) is 3.61. The van der Waals surface area contributed by atoms with Crippen LogP contribution >= 0.6 is 0 Å². The minimum absolute atomic E-state index is 0.332. The van der Waals surface area contributed by atoms with Crippen LogP contribution in [-0.4, -0.2) is 5.11 Å². The van der Waals surface area contributed by atoms with Gasteiger partial charge in [-0.15, -0.1) is 0 Å². The molecular weight excluding hydrogens is 205 g/mol. The van der Waals surface area contributed by atoms with Crippen LogP contribution < -0.4 is 4.57 Å². The summed E-state index contributed by atoms with van der Waals surface area (Å²) < 4.78 is 15.2. The van der Waals surface area contributed by atoms with E-state index in [9.17, 15) is 9.50 Å². The lowest BCUT2D eigenvalue weighted by Gasteiger charge is -2.08. The summed E-state index contributed by atoms with van der Waals surface area (Å²) >= 11 is 0. The molecule has 0 fully saturated rings. The second kappa shape index (κ2) is 4.86. The van der Waals surface area contributed by atoms with Crippen LogP contribution in [0.2, 0.25) is 0 Å². The van der Waals surface area contributed by atoms with E-state index >= 15 is 0 Å². The molecule has 0 bridgehead atoms. The number of rotatable bonds is 3. The lowest BCUT2D eigenvalue weighted by Crippen LogP contribution is -2.35. The fraction of sp³-hybridized carbons (Fsp3) is 0.154. The summed E-state index contributed by atoms with van der Waals surface area (Å²) in [6.07, 6.45) is 2.85. The van der Waals surface area contributed by atoms with Gasteiger partial charge in [0.15, 0.2) is 18.9 Å². The van der Waals surface area contributed by atoms with Crippen molar-refractivity contribution in [3.05, 3.63) is 66.2 Å². The highest BCUT2D eigenvalue weighted by molar-refractivity contribution is 5.19. The third kappa shape index (κ3) is 2.44. The minimum Gasteiger partial charge on any atom is -0.382 e. The van der Waals surface area contributed by atoms with Gasteiger partial charge in [-0.05, 0) is 6.07 Å². The number of benzene rings is 1. The van der Waals surface area contributed by atoms with E-state index in [4.69, 9.17) is 0 Å². The third-order valence-electron chi connectivity index (χ3n) is 2.43. The number of aliphatic hydroxyl groups excluding tert-OH is 1. The zero-order valence-electron chi connectivity index (χ0n) is 8.75. The Morgan fingerprint density at radius 3 is 2.44 bits per heavy atom. The number of pyridine rings is 1. The van der Waals surface area contributed by atoms with E-state index in [1.807, 2.05) is 35.2 Å². The zero-order valence-corrected chi connectivity index (χ0v) is 8.75. The largest absolute Gasteiger partial charge is 0.382 e. The van der Waals surface area contributed by atoms with Crippen molar-refractivity contribution >= 4 is 0 Å². The van der Waals surface area contributed by atoms with Gasteiger partial charge in [0.2, 0.25) is 0 Å². The molecule has 2 rings (SSSR count). The highest BCUT2D eigenvalue weighted by atomic mass is 19.1. The molecule has 0 saturated heterocycles. The molecule has 1 aromatic heterocycles. The van der Waals surface area contributed by atoms with Gasteiger partial charge in [-0.2, -0.15) is 0 Å². The van der Waals surface area contributed by atoms with E-state index in [0.717, 1.165) is 0 Å². The number of aromatic nitrogens is 1. The van der Waals surface area contributed by atoms with Gasteiger partial charge in [0.25, 0.3) is 0 Å². The molecule has 0 spiro atoms. The van der Waals surface area contributed by atoms with Crippen molar-refractivity contribution in [1.29, 1.82) is 0 Å². The standard InChI is InChI=1S/C13H13FNO/c14-12-7-3-2-6-11(12)13(16)10-15-8-4-1-5-9-15/h1-9,13,16H,10H2/q+1. The maximum atomic E-state index is 13.4.